The lowest BCUT2D eigenvalue weighted by molar-refractivity contribution is 0.101. The predicted octanol–water partition coefficient (Wildman–Crippen LogP) is 2.69. The SMILES string of the molecule is O=C(Nc1ccccc1Cl)c1ncccc1O. The van der Waals surface area contributed by atoms with Crippen LogP contribution in [-0.4, -0.2) is 16.0 Å². The maximum absolute atomic E-state index is 11.8. The van der Waals surface area contributed by atoms with Crippen LogP contribution in [0.1, 0.15) is 10.5 Å². The summed E-state index contributed by atoms with van der Waals surface area (Å²) in [5, 5.41) is 12.5. The molecule has 0 atom stereocenters. The second-order valence-electron chi connectivity index (χ2n) is 3.31. The first-order chi connectivity index (χ1) is 8.18. The van der Waals surface area contributed by atoms with Gasteiger partial charge in [0, 0.05) is 6.20 Å². The van der Waals surface area contributed by atoms with Crippen LogP contribution in [0.25, 0.3) is 0 Å². The van der Waals surface area contributed by atoms with Crippen LogP contribution in [0.2, 0.25) is 5.02 Å². The molecule has 0 saturated carbocycles. The Morgan fingerprint density at radius 3 is 2.71 bits per heavy atom. The number of nitrogens with one attached hydrogen (secondary N) is 1. The second kappa shape index (κ2) is 4.84. The molecule has 0 aliphatic heterocycles. The number of aromatic hydroxyl groups is 1. The molecule has 0 bridgehead atoms. The largest absolute Gasteiger partial charge is 0.505 e. The number of benzene rings is 1. The summed E-state index contributed by atoms with van der Waals surface area (Å²) in [6.45, 7) is 0. The van der Waals surface area contributed by atoms with Crippen LogP contribution in [0.15, 0.2) is 42.6 Å². The number of anilines is 1. The molecule has 0 spiro atoms. The molecular formula is C12H9ClN2O2. The summed E-state index contributed by atoms with van der Waals surface area (Å²) in [6.07, 6.45) is 1.43. The third-order valence-corrected chi connectivity index (χ3v) is 2.45. The van der Waals surface area contributed by atoms with E-state index >= 15 is 0 Å². The van der Waals surface area contributed by atoms with E-state index in [4.69, 9.17) is 11.6 Å². The summed E-state index contributed by atoms with van der Waals surface area (Å²) in [5.74, 6) is -0.673. The van der Waals surface area contributed by atoms with Crippen molar-refractivity contribution in [2.24, 2.45) is 0 Å². The maximum atomic E-state index is 11.8. The second-order valence-corrected chi connectivity index (χ2v) is 3.71. The van der Waals surface area contributed by atoms with E-state index in [-0.39, 0.29) is 11.4 Å². The third kappa shape index (κ3) is 2.54. The molecule has 0 radical (unpaired) electrons. The molecule has 1 aromatic heterocycles. The lowest BCUT2D eigenvalue weighted by Gasteiger charge is -2.06. The Morgan fingerprint density at radius 1 is 1.24 bits per heavy atom. The zero-order chi connectivity index (χ0) is 12.3. The van der Waals surface area contributed by atoms with Crippen molar-refractivity contribution in [2.75, 3.05) is 5.32 Å². The summed E-state index contributed by atoms with van der Waals surface area (Å²) in [5.41, 5.74) is 0.441. The molecule has 17 heavy (non-hydrogen) atoms. The average molecular weight is 249 g/mol. The predicted molar refractivity (Wildman–Crippen MR) is 65.3 cm³/mol. The Hall–Kier alpha value is -2.07. The number of hydrogen-bond acceptors (Lipinski definition) is 3. The zero-order valence-corrected chi connectivity index (χ0v) is 9.48. The fourth-order valence-corrected chi connectivity index (χ4v) is 1.50. The van der Waals surface area contributed by atoms with Crippen molar-refractivity contribution in [3.63, 3.8) is 0 Å². The van der Waals surface area contributed by atoms with Gasteiger partial charge in [-0.3, -0.25) is 4.79 Å². The fraction of sp³-hybridized carbons (Fsp3) is 0. The highest BCUT2D eigenvalue weighted by molar-refractivity contribution is 6.33. The van der Waals surface area contributed by atoms with Crippen molar-refractivity contribution in [3.8, 4) is 5.75 Å². The molecule has 0 aliphatic rings. The van der Waals surface area contributed by atoms with Crippen LogP contribution in [0.3, 0.4) is 0 Å². The van der Waals surface area contributed by atoms with Gasteiger partial charge >= 0.3 is 0 Å². The summed E-state index contributed by atoms with van der Waals surface area (Å²) in [7, 11) is 0. The number of amides is 1. The van der Waals surface area contributed by atoms with Crippen LogP contribution < -0.4 is 5.32 Å². The highest BCUT2D eigenvalue weighted by Crippen LogP contribution is 2.22. The van der Waals surface area contributed by atoms with Crippen LogP contribution in [0, 0.1) is 0 Å². The van der Waals surface area contributed by atoms with E-state index < -0.39 is 5.91 Å². The summed E-state index contributed by atoms with van der Waals surface area (Å²) in [4.78, 5) is 15.6. The van der Waals surface area contributed by atoms with E-state index in [2.05, 4.69) is 10.3 Å². The van der Waals surface area contributed by atoms with Crippen LogP contribution in [0.4, 0.5) is 5.69 Å². The molecule has 4 nitrogen and oxygen atoms in total. The van der Waals surface area contributed by atoms with E-state index in [1.165, 1.54) is 12.3 Å². The topological polar surface area (TPSA) is 62.2 Å². The van der Waals surface area contributed by atoms with Gasteiger partial charge < -0.3 is 10.4 Å². The first kappa shape index (κ1) is 11.4. The van der Waals surface area contributed by atoms with Gasteiger partial charge in [-0.1, -0.05) is 23.7 Å². The number of pyridine rings is 1. The first-order valence-electron chi connectivity index (χ1n) is 4.88. The maximum Gasteiger partial charge on any atom is 0.278 e. The van der Waals surface area contributed by atoms with Gasteiger partial charge in [0.2, 0.25) is 0 Å². The molecule has 0 saturated heterocycles. The quantitative estimate of drug-likeness (QED) is 0.859. The van der Waals surface area contributed by atoms with Crippen LogP contribution in [-0.2, 0) is 0 Å². The third-order valence-electron chi connectivity index (χ3n) is 2.12. The number of para-hydroxylation sites is 1. The lowest BCUT2D eigenvalue weighted by Crippen LogP contribution is -2.13. The Balaban J connectivity index is 2.24. The molecular weight excluding hydrogens is 240 g/mol. The minimum Gasteiger partial charge on any atom is -0.505 e. The van der Waals surface area contributed by atoms with Gasteiger partial charge in [0.1, 0.15) is 5.75 Å². The molecule has 2 rings (SSSR count). The Morgan fingerprint density at radius 2 is 2.00 bits per heavy atom. The highest BCUT2D eigenvalue weighted by Gasteiger charge is 2.13. The first-order valence-corrected chi connectivity index (χ1v) is 5.26. The summed E-state index contributed by atoms with van der Waals surface area (Å²) >= 11 is 5.90. The molecule has 2 aromatic rings. The number of carbonyl (C=O) groups is 1. The van der Waals surface area contributed by atoms with Gasteiger partial charge in [0.25, 0.3) is 5.91 Å². The van der Waals surface area contributed by atoms with Crippen LogP contribution in [0.5, 0.6) is 5.75 Å². The van der Waals surface area contributed by atoms with Gasteiger partial charge in [-0.2, -0.15) is 0 Å². The molecule has 1 aromatic carbocycles. The standard InChI is InChI=1S/C12H9ClN2O2/c13-8-4-1-2-5-9(8)15-12(17)11-10(16)6-3-7-14-11/h1-7,16H,(H,15,17). The molecule has 2 N–H and O–H groups in total. The van der Waals surface area contributed by atoms with E-state index in [0.717, 1.165) is 0 Å². The van der Waals surface area contributed by atoms with E-state index in [1.807, 2.05) is 0 Å². The number of rotatable bonds is 2. The van der Waals surface area contributed by atoms with Gasteiger partial charge in [-0.15, -0.1) is 0 Å². The van der Waals surface area contributed by atoms with Gasteiger partial charge in [0.05, 0.1) is 10.7 Å². The van der Waals surface area contributed by atoms with Crippen molar-refractivity contribution in [1.82, 2.24) is 4.98 Å². The van der Waals surface area contributed by atoms with Gasteiger partial charge in [0.15, 0.2) is 5.69 Å². The minimum atomic E-state index is -0.504. The molecule has 1 amide bonds. The number of halogens is 1. The van der Waals surface area contributed by atoms with Crippen molar-refractivity contribution < 1.29 is 9.90 Å². The fourth-order valence-electron chi connectivity index (χ4n) is 1.32. The molecule has 5 heteroatoms. The van der Waals surface area contributed by atoms with E-state index in [0.29, 0.717) is 10.7 Å². The highest BCUT2D eigenvalue weighted by atomic mass is 35.5. The number of aromatic nitrogens is 1. The number of nitrogens with zero attached hydrogens (tertiary/aromatic N) is 1. The Labute approximate surface area is 103 Å². The van der Waals surface area contributed by atoms with Crippen molar-refractivity contribution in [3.05, 3.63) is 53.3 Å². The Kier molecular flexibility index (Phi) is 3.25. The van der Waals surface area contributed by atoms with Gasteiger partial charge in [-0.25, -0.2) is 4.98 Å². The summed E-state index contributed by atoms with van der Waals surface area (Å²) in [6, 6.07) is 9.78. The molecule has 86 valence electrons. The van der Waals surface area contributed by atoms with E-state index in [1.54, 1.807) is 30.3 Å². The average Bonchev–Trinajstić information content (AvgIpc) is 2.32. The van der Waals surface area contributed by atoms with Crippen molar-refractivity contribution in [1.29, 1.82) is 0 Å². The van der Waals surface area contributed by atoms with Crippen molar-refractivity contribution >= 4 is 23.2 Å². The molecule has 0 fully saturated rings. The smallest absolute Gasteiger partial charge is 0.278 e. The zero-order valence-electron chi connectivity index (χ0n) is 8.72. The number of carbonyl (C=O) groups excluding carboxylic acids is 1. The molecule has 0 aliphatic carbocycles. The molecule has 0 unspecified atom stereocenters. The van der Waals surface area contributed by atoms with Crippen molar-refractivity contribution in [2.45, 2.75) is 0 Å². The van der Waals surface area contributed by atoms with E-state index in [9.17, 15) is 9.90 Å². The van der Waals surface area contributed by atoms with Crippen LogP contribution >= 0.6 is 11.6 Å². The normalized spacial score (nSPS) is 9.94. The Bertz CT molecular complexity index is 558. The monoisotopic (exact) mass is 248 g/mol. The lowest BCUT2D eigenvalue weighted by atomic mass is 10.2. The summed E-state index contributed by atoms with van der Waals surface area (Å²) < 4.78 is 0. The van der Waals surface area contributed by atoms with Gasteiger partial charge in [-0.05, 0) is 24.3 Å². The number of hydrogen-bond donors (Lipinski definition) is 2. The molecule has 1 heterocycles. The minimum absolute atomic E-state index is 0.0348.